The number of imide groups is 1. The number of aliphatic imine (C=N–C) groups is 1. The van der Waals surface area contributed by atoms with Crippen molar-refractivity contribution in [2.45, 2.75) is 13.0 Å². The summed E-state index contributed by atoms with van der Waals surface area (Å²) in [7, 11) is 1.71. The molecule has 2 fully saturated rings. The molecule has 1 atom stereocenters. The van der Waals surface area contributed by atoms with Gasteiger partial charge in [0.25, 0.3) is 5.91 Å². The van der Waals surface area contributed by atoms with Crippen molar-refractivity contribution in [2.24, 2.45) is 4.99 Å². The lowest BCUT2D eigenvalue weighted by Crippen LogP contribution is -2.63. The number of ether oxygens (including phenoxy) is 1. The van der Waals surface area contributed by atoms with Crippen LogP contribution in [0.2, 0.25) is 0 Å². The van der Waals surface area contributed by atoms with Gasteiger partial charge in [0.1, 0.15) is 12.2 Å². The number of amides is 3. The van der Waals surface area contributed by atoms with Crippen molar-refractivity contribution < 1.29 is 18.9 Å². The lowest BCUT2D eigenvalue weighted by Gasteiger charge is -2.35. The number of guanidine groups is 1. The Kier molecular flexibility index (Phi) is 4.79. The van der Waals surface area contributed by atoms with Crippen molar-refractivity contribution >= 4 is 29.4 Å². The van der Waals surface area contributed by atoms with Gasteiger partial charge in [0.15, 0.2) is 0 Å². The summed E-state index contributed by atoms with van der Waals surface area (Å²) in [5.41, 5.74) is 2.24. The van der Waals surface area contributed by atoms with Crippen LogP contribution in [0.4, 0.5) is 10.5 Å². The second kappa shape index (κ2) is 7.48. The molecule has 4 heterocycles. The molecule has 0 radical (unpaired) electrons. The van der Waals surface area contributed by atoms with Crippen molar-refractivity contribution in [1.29, 1.82) is 0 Å². The second-order valence-electron chi connectivity index (χ2n) is 8.09. The molecular formula is C21H27N6O3+. The van der Waals surface area contributed by atoms with E-state index in [4.69, 9.17) is 9.73 Å². The molecule has 158 valence electrons. The number of amidine groups is 1. The number of carbonyl (C=O) groups is 2. The summed E-state index contributed by atoms with van der Waals surface area (Å²) in [6, 6.07) is 7.34. The van der Waals surface area contributed by atoms with Crippen molar-refractivity contribution in [2.75, 3.05) is 64.4 Å². The second-order valence-corrected chi connectivity index (χ2v) is 8.09. The SMILES string of the molecule is Cc1ccccc1N1CC[N+]2=C1N=C1C2C(=O)N(CCN2CCOCC2)C(=O)N1C. The highest BCUT2D eigenvalue weighted by Crippen LogP contribution is 2.28. The molecule has 0 aliphatic carbocycles. The molecule has 1 aromatic rings. The molecule has 0 bridgehead atoms. The Bertz CT molecular complexity index is 952. The Balaban J connectivity index is 1.40. The van der Waals surface area contributed by atoms with Gasteiger partial charge in [-0.2, -0.15) is 0 Å². The molecular weight excluding hydrogens is 384 g/mol. The Morgan fingerprint density at radius 2 is 1.90 bits per heavy atom. The molecule has 9 nitrogen and oxygen atoms in total. The van der Waals surface area contributed by atoms with Crippen LogP contribution < -0.4 is 4.90 Å². The van der Waals surface area contributed by atoms with E-state index >= 15 is 0 Å². The van der Waals surface area contributed by atoms with Gasteiger partial charge in [0.05, 0.1) is 19.8 Å². The summed E-state index contributed by atoms with van der Waals surface area (Å²) >= 11 is 0. The molecule has 1 unspecified atom stereocenters. The normalized spacial score (nSPS) is 24.5. The standard InChI is InChI=1S/C21H27N6O3/c1-15-5-3-4-6-16(15)25-9-10-26-17-18(22-20(25)26)23(2)21(29)27(19(17)28)8-7-24-11-13-30-14-12-24/h3-6,17H,7-14H2,1-2H3/q+1. The zero-order valence-electron chi connectivity index (χ0n) is 17.5. The molecule has 1 aromatic carbocycles. The number of hydrogen-bond acceptors (Lipinski definition) is 6. The minimum atomic E-state index is -0.526. The molecule has 30 heavy (non-hydrogen) atoms. The predicted molar refractivity (Wildman–Crippen MR) is 112 cm³/mol. The van der Waals surface area contributed by atoms with Crippen LogP contribution in [0.3, 0.4) is 0 Å². The van der Waals surface area contributed by atoms with Gasteiger partial charge in [-0.3, -0.25) is 19.5 Å². The minimum Gasteiger partial charge on any atom is -0.379 e. The maximum atomic E-state index is 13.4. The number of likely N-dealkylation sites (N-methyl/N-ethyl adjacent to an activating group) is 1. The average Bonchev–Trinajstić information content (AvgIpc) is 3.33. The monoisotopic (exact) mass is 411 g/mol. The molecule has 0 N–H and O–H groups in total. The fraction of sp³-hybridized carbons (Fsp3) is 0.524. The van der Waals surface area contributed by atoms with Crippen molar-refractivity contribution in [1.82, 2.24) is 14.7 Å². The maximum Gasteiger partial charge on any atom is 0.397 e. The Morgan fingerprint density at radius 3 is 2.67 bits per heavy atom. The van der Waals surface area contributed by atoms with Crippen LogP contribution in [0.5, 0.6) is 0 Å². The third-order valence-corrected chi connectivity index (χ3v) is 6.34. The quantitative estimate of drug-likeness (QED) is 0.662. The number of rotatable bonds is 4. The van der Waals surface area contributed by atoms with Gasteiger partial charge in [0, 0.05) is 33.2 Å². The molecule has 0 aromatic heterocycles. The van der Waals surface area contributed by atoms with E-state index in [1.807, 2.05) is 16.7 Å². The number of nitrogens with zero attached hydrogens (tertiary/aromatic N) is 6. The van der Waals surface area contributed by atoms with E-state index in [9.17, 15) is 9.59 Å². The first kappa shape index (κ1) is 19.2. The van der Waals surface area contributed by atoms with Gasteiger partial charge in [-0.25, -0.2) is 14.3 Å². The number of fused-ring (bicyclic) bond motifs is 2. The summed E-state index contributed by atoms with van der Waals surface area (Å²) in [5.74, 6) is 1.11. The number of anilines is 1. The van der Waals surface area contributed by atoms with Gasteiger partial charge in [-0.05, 0) is 18.6 Å². The molecule has 4 aliphatic rings. The van der Waals surface area contributed by atoms with Crippen LogP contribution in [0.25, 0.3) is 0 Å². The van der Waals surface area contributed by atoms with Crippen LogP contribution in [0, 0.1) is 6.92 Å². The fourth-order valence-corrected chi connectivity index (χ4v) is 4.62. The predicted octanol–water partition coefficient (Wildman–Crippen LogP) is 0.190. The minimum absolute atomic E-state index is 0.174. The Morgan fingerprint density at radius 1 is 1.13 bits per heavy atom. The Hall–Kier alpha value is -2.78. The molecule has 3 amide bonds. The first-order valence-electron chi connectivity index (χ1n) is 10.5. The zero-order valence-corrected chi connectivity index (χ0v) is 17.5. The van der Waals surface area contributed by atoms with Gasteiger partial charge < -0.3 is 4.74 Å². The summed E-state index contributed by atoms with van der Waals surface area (Å²) in [6.45, 7) is 7.65. The number of para-hydroxylation sites is 1. The molecule has 4 aliphatic heterocycles. The summed E-state index contributed by atoms with van der Waals surface area (Å²) < 4.78 is 7.42. The lowest BCUT2D eigenvalue weighted by atomic mass is 10.1. The number of morpholine rings is 1. The largest absolute Gasteiger partial charge is 0.397 e. The summed E-state index contributed by atoms with van der Waals surface area (Å²) in [5, 5.41) is 0. The highest BCUT2D eigenvalue weighted by Gasteiger charge is 2.55. The van der Waals surface area contributed by atoms with E-state index < -0.39 is 6.04 Å². The molecule has 9 heteroatoms. The number of aryl methyl sites for hydroxylation is 1. The molecule has 2 saturated heterocycles. The van der Waals surface area contributed by atoms with Crippen molar-refractivity contribution in [3.05, 3.63) is 29.8 Å². The molecule has 0 saturated carbocycles. The fourth-order valence-electron chi connectivity index (χ4n) is 4.62. The van der Waals surface area contributed by atoms with Crippen molar-refractivity contribution in [3.63, 3.8) is 0 Å². The van der Waals surface area contributed by atoms with Crippen LogP contribution in [0.1, 0.15) is 5.56 Å². The first-order chi connectivity index (χ1) is 14.6. The number of urea groups is 1. The van der Waals surface area contributed by atoms with Gasteiger partial charge in [-0.15, -0.1) is 0 Å². The molecule has 5 rings (SSSR count). The van der Waals surface area contributed by atoms with E-state index in [0.717, 1.165) is 36.8 Å². The van der Waals surface area contributed by atoms with Crippen LogP contribution in [-0.4, -0.2) is 109 Å². The van der Waals surface area contributed by atoms with Gasteiger partial charge in [-0.1, -0.05) is 23.2 Å². The number of carbonyl (C=O) groups excluding carboxylic acids is 2. The van der Waals surface area contributed by atoms with Gasteiger partial charge in [0.2, 0.25) is 11.9 Å². The van der Waals surface area contributed by atoms with Crippen molar-refractivity contribution in [3.8, 4) is 0 Å². The molecule has 0 spiro atoms. The van der Waals surface area contributed by atoms with Crippen LogP contribution >= 0.6 is 0 Å². The average molecular weight is 411 g/mol. The highest BCUT2D eigenvalue weighted by atomic mass is 16.5. The summed E-state index contributed by atoms with van der Waals surface area (Å²) in [6.07, 6.45) is 0. The Labute approximate surface area is 175 Å². The van der Waals surface area contributed by atoms with E-state index in [1.165, 1.54) is 9.80 Å². The topological polar surface area (TPSA) is 71.7 Å². The first-order valence-corrected chi connectivity index (χ1v) is 10.5. The lowest BCUT2D eigenvalue weighted by molar-refractivity contribution is -0.525. The van der Waals surface area contributed by atoms with E-state index in [-0.39, 0.29) is 11.9 Å². The van der Waals surface area contributed by atoms with E-state index in [0.29, 0.717) is 38.7 Å². The third-order valence-electron chi connectivity index (χ3n) is 6.34. The van der Waals surface area contributed by atoms with Crippen LogP contribution in [-0.2, 0) is 9.53 Å². The number of benzene rings is 1. The smallest absolute Gasteiger partial charge is 0.379 e. The van der Waals surface area contributed by atoms with Gasteiger partial charge >= 0.3 is 12.0 Å². The van der Waals surface area contributed by atoms with Crippen LogP contribution in [0.15, 0.2) is 29.3 Å². The van der Waals surface area contributed by atoms with E-state index in [1.54, 1.807) is 7.05 Å². The third kappa shape index (κ3) is 3.00. The zero-order chi connectivity index (χ0) is 20.8. The highest BCUT2D eigenvalue weighted by molar-refractivity contribution is 6.24. The number of hydrogen-bond donors (Lipinski definition) is 0. The maximum absolute atomic E-state index is 13.4. The van der Waals surface area contributed by atoms with E-state index in [2.05, 4.69) is 28.9 Å². The summed E-state index contributed by atoms with van der Waals surface area (Å²) in [4.78, 5) is 38.4.